The molecule has 0 unspecified atom stereocenters. The molecule has 35 heavy (non-hydrogen) atoms. The summed E-state index contributed by atoms with van der Waals surface area (Å²) < 4.78 is 1.61. The minimum Gasteiger partial charge on any atom is -0.391 e. The largest absolute Gasteiger partial charge is 0.391 e. The number of nitrogens with one attached hydrogen (secondary N) is 2. The highest BCUT2D eigenvalue weighted by Crippen LogP contribution is 2.40. The molecule has 11 nitrogen and oxygen atoms in total. The number of hydrogen-bond donors (Lipinski definition) is 3. The van der Waals surface area contributed by atoms with Crippen molar-refractivity contribution in [2.24, 2.45) is 5.41 Å². The monoisotopic (exact) mass is 480 g/mol. The summed E-state index contributed by atoms with van der Waals surface area (Å²) in [4.78, 5) is 32.3. The quantitative estimate of drug-likeness (QED) is 0.477. The summed E-state index contributed by atoms with van der Waals surface area (Å²) >= 11 is 0. The highest BCUT2D eigenvalue weighted by molar-refractivity contribution is 5.90. The molecule has 3 heterocycles. The summed E-state index contributed by atoms with van der Waals surface area (Å²) in [6, 6.07) is 3.87. The zero-order chi connectivity index (χ0) is 25.2. The molecule has 11 heteroatoms. The van der Waals surface area contributed by atoms with Crippen molar-refractivity contribution >= 4 is 17.6 Å². The standard InChI is InChI=1S/C24H32N8O3/c1-24(2,3)21(32-14-18(29-30-32)16-4-5-16)23(35)31-13-17(33)11-19(31)22(34)28-9-8-27-20-10-15(12-25)6-7-26-20/h6-7,10,14,16-17,19,21,33H,4-5,8-9,11,13H2,1-3H3,(H,26,27)(H,28,34)/t17-,19+,21-/m1/s1. The average molecular weight is 481 g/mol. The van der Waals surface area contributed by atoms with Crippen LogP contribution in [0, 0.1) is 16.7 Å². The Hall–Kier alpha value is -3.52. The van der Waals surface area contributed by atoms with Gasteiger partial charge in [0.1, 0.15) is 17.9 Å². The fraction of sp³-hybridized carbons (Fsp3) is 0.583. The van der Waals surface area contributed by atoms with Gasteiger partial charge in [-0.1, -0.05) is 26.0 Å². The Bertz CT molecular complexity index is 1110. The van der Waals surface area contributed by atoms with E-state index in [1.807, 2.05) is 27.0 Å². The number of nitrogens with zero attached hydrogens (tertiary/aromatic N) is 6. The lowest BCUT2D eigenvalue weighted by molar-refractivity contribution is -0.144. The summed E-state index contributed by atoms with van der Waals surface area (Å²) in [5.41, 5.74) is 0.908. The second-order valence-corrected chi connectivity index (χ2v) is 10.3. The third-order valence-electron chi connectivity index (χ3n) is 6.33. The molecule has 4 rings (SSSR count). The van der Waals surface area contributed by atoms with Gasteiger partial charge in [-0.15, -0.1) is 5.10 Å². The number of rotatable bonds is 8. The molecule has 1 aliphatic carbocycles. The van der Waals surface area contributed by atoms with E-state index >= 15 is 0 Å². The zero-order valence-corrected chi connectivity index (χ0v) is 20.3. The van der Waals surface area contributed by atoms with E-state index in [-0.39, 0.29) is 24.8 Å². The normalized spacial score (nSPS) is 20.8. The van der Waals surface area contributed by atoms with E-state index in [1.54, 1.807) is 16.8 Å². The average Bonchev–Trinajstić information content (AvgIpc) is 3.43. The van der Waals surface area contributed by atoms with Gasteiger partial charge < -0.3 is 20.6 Å². The third-order valence-corrected chi connectivity index (χ3v) is 6.33. The number of likely N-dealkylation sites (tertiary alicyclic amines) is 1. The lowest BCUT2D eigenvalue weighted by Crippen LogP contribution is -2.50. The van der Waals surface area contributed by atoms with Crippen LogP contribution in [-0.4, -0.2) is 73.6 Å². The van der Waals surface area contributed by atoms with Gasteiger partial charge in [-0.2, -0.15) is 5.26 Å². The number of hydrogen-bond acceptors (Lipinski definition) is 8. The van der Waals surface area contributed by atoms with Crippen LogP contribution in [0.5, 0.6) is 0 Å². The Morgan fingerprint density at radius 2 is 2.09 bits per heavy atom. The van der Waals surface area contributed by atoms with Crippen LogP contribution in [0.2, 0.25) is 0 Å². The molecule has 2 aromatic heterocycles. The van der Waals surface area contributed by atoms with Crippen LogP contribution < -0.4 is 10.6 Å². The van der Waals surface area contributed by atoms with Gasteiger partial charge in [0.2, 0.25) is 11.8 Å². The van der Waals surface area contributed by atoms with Crippen LogP contribution >= 0.6 is 0 Å². The highest BCUT2D eigenvalue weighted by atomic mass is 16.3. The second-order valence-electron chi connectivity index (χ2n) is 10.3. The lowest BCUT2D eigenvalue weighted by Gasteiger charge is -2.34. The molecule has 1 saturated heterocycles. The van der Waals surface area contributed by atoms with Crippen molar-refractivity contribution in [2.45, 2.75) is 64.1 Å². The first kappa shape index (κ1) is 24.6. The number of pyridine rings is 1. The van der Waals surface area contributed by atoms with Crippen LogP contribution in [0.1, 0.15) is 63.3 Å². The molecule has 0 radical (unpaired) electrons. The van der Waals surface area contributed by atoms with Gasteiger partial charge >= 0.3 is 0 Å². The van der Waals surface area contributed by atoms with E-state index in [0.29, 0.717) is 30.4 Å². The number of β-amino-alcohol motifs (C(OH)–C–C–N with tert-alkyl or cyclic N) is 1. The third kappa shape index (κ3) is 5.77. The Kier molecular flexibility index (Phi) is 7.03. The molecule has 2 fully saturated rings. The van der Waals surface area contributed by atoms with Crippen molar-refractivity contribution in [1.29, 1.82) is 5.26 Å². The Morgan fingerprint density at radius 1 is 1.31 bits per heavy atom. The Balaban J connectivity index is 1.40. The second kappa shape index (κ2) is 10.00. The number of aromatic nitrogens is 4. The van der Waals surface area contributed by atoms with Crippen molar-refractivity contribution in [2.75, 3.05) is 25.0 Å². The van der Waals surface area contributed by atoms with Gasteiger partial charge in [0.05, 0.1) is 23.4 Å². The fourth-order valence-electron chi connectivity index (χ4n) is 4.42. The van der Waals surface area contributed by atoms with E-state index in [4.69, 9.17) is 5.26 Å². The van der Waals surface area contributed by atoms with Crippen molar-refractivity contribution < 1.29 is 14.7 Å². The molecule has 1 saturated carbocycles. The first-order valence-corrected chi connectivity index (χ1v) is 12.0. The Labute approximate surface area is 204 Å². The first-order chi connectivity index (χ1) is 16.7. The van der Waals surface area contributed by atoms with Gasteiger partial charge in [-0.3, -0.25) is 9.59 Å². The maximum Gasteiger partial charge on any atom is 0.248 e. The summed E-state index contributed by atoms with van der Waals surface area (Å²) in [5, 5.41) is 33.7. The number of aliphatic hydroxyl groups is 1. The molecule has 0 aromatic carbocycles. The van der Waals surface area contributed by atoms with Gasteiger partial charge in [0.15, 0.2) is 0 Å². The van der Waals surface area contributed by atoms with Gasteiger partial charge in [-0.25, -0.2) is 9.67 Å². The van der Waals surface area contributed by atoms with Crippen LogP contribution in [0.15, 0.2) is 24.5 Å². The lowest BCUT2D eigenvalue weighted by atomic mass is 9.85. The van der Waals surface area contributed by atoms with Gasteiger partial charge in [0, 0.05) is 44.4 Å². The fourth-order valence-corrected chi connectivity index (χ4v) is 4.42. The van der Waals surface area contributed by atoms with Crippen molar-refractivity contribution in [3.05, 3.63) is 35.8 Å². The van der Waals surface area contributed by atoms with Crippen LogP contribution in [0.3, 0.4) is 0 Å². The van der Waals surface area contributed by atoms with E-state index in [1.165, 1.54) is 11.1 Å². The summed E-state index contributed by atoms with van der Waals surface area (Å²) in [5.74, 6) is 0.382. The predicted molar refractivity (Wildman–Crippen MR) is 127 cm³/mol. The van der Waals surface area contributed by atoms with Crippen molar-refractivity contribution in [1.82, 2.24) is 30.2 Å². The SMILES string of the molecule is CC(C)(C)[C@@H](C(=O)N1C[C@H](O)C[C@H]1C(=O)NCCNc1cc(C#N)ccn1)n1cc(C2CC2)nn1. The number of carbonyl (C=O) groups excluding carboxylic acids is 2. The maximum absolute atomic E-state index is 13.7. The van der Waals surface area contributed by atoms with Crippen molar-refractivity contribution in [3.63, 3.8) is 0 Å². The molecule has 0 bridgehead atoms. The zero-order valence-electron chi connectivity index (χ0n) is 20.3. The molecule has 186 valence electrons. The van der Waals surface area contributed by atoms with Crippen molar-refractivity contribution in [3.8, 4) is 6.07 Å². The number of aliphatic hydroxyl groups excluding tert-OH is 1. The summed E-state index contributed by atoms with van der Waals surface area (Å²) in [7, 11) is 0. The highest BCUT2D eigenvalue weighted by Gasteiger charge is 2.45. The van der Waals surface area contributed by atoms with Gasteiger partial charge in [0.25, 0.3) is 0 Å². The minimum absolute atomic E-state index is 0.0940. The first-order valence-electron chi connectivity index (χ1n) is 12.0. The molecule has 2 aliphatic rings. The summed E-state index contributed by atoms with van der Waals surface area (Å²) in [6.07, 6.45) is 4.96. The Morgan fingerprint density at radius 3 is 2.77 bits per heavy atom. The molecule has 3 N–H and O–H groups in total. The van der Waals surface area contributed by atoms with E-state index in [9.17, 15) is 14.7 Å². The number of amides is 2. The smallest absolute Gasteiger partial charge is 0.248 e. The molecule has 1 aliphatic heterocycles. The number of nitriles is 1. The summed E-state index contributed by atoms with van der Waals surface area (Å²) in [6.45, 7) is 6.65. The molecule has 0 spiro atoms. The minimum atomic E-state index is -0.774. The van der Waals surface area contributed by atoms with Gasteiger partial charge in [-0.05, 0) is 30.4 Å². The molecule has 2 aromatic rings. The van der Waals surface area contributed by atoms with Crippen LogP contribution in [-0.2, 0) is 9.59 Å². The molecular weight excluding hydrogens is 448 g/mol. The molecular formula is C24H32N8O3. The predicted octanol–water partition coefficient (Wildman–Crippen LogP) is 1.20. The van der Waals surface area contributed by atoms with E-state index < -0.39 is 23.6 Å². The van der Waals surface area contributed by atoms with Crippen LogP contribution in [0.4, 0.5) is 5.82 Å². The number of carbonyl (C=O) groups is 2. The molecule has 2 amide bonds. The van der Waals surface area contributed by atoms with E-state index in [0.717, 1.165) is 18.5 Å². The van der Waals surface area contributed by atoms with E-state index in [2.05, 4.69) is 32.0 Å². The maximum atomic E-state index is 13.7. The topological polar surface area (TPSA) is 149 Å². The number of anilines is 1. The van der Waals surface area contributed by atoms with Crippen LogP contribution in [0.25, 0.3) is 0 Å². The molecule has 3 atom stereocenters.